The highest BCUT2D eigenvalue weighted by atomic mass is 16.5. The lowest BCUT2D eigenvalue weighted by Crippen LogP contribution is -2.36. The highest BCUT2D eigenvalue weighted by molar-refractivity contribution is 6.16. The van der Waals surface area contributed by atoms with Crippen LogP contribution in [0.4, 0.5) is 0 Å². The Morgan fingerprint density at radius 2 is 1.70 bits per heavy atom. The number of ketones is 1. The summed E-state index contributed by atoms with van der Waals surface area (Å²) in [6.45, 7) is 8.05. The Kier molecular flexibility index (Phi) is 7.01. The van der Waals surface area contributed by atoms with E-state index in [2.05, 4.69) is 24.8 Å². The lowest BCUT2D eigenvalue weighted by Gasteiger charge is -2.26. The van der Waals surface area contributed by atoms with Crippen LogP contribution < -0.4 is 14.2 Å². The lowest BCUT2D eigenvalue weighted by molar-refractivity contribution is 0.0481. The molecule has 0 fully saturated rings. The van der Waals surface area contributed by atoms with Crippen LogP contribution in [-0.4, -0.2) is 37.1 Å². The predicted molar refractivity (Wildman–Crippen MR) is 145 cm³/mol. The van der Waals surface area contributed by atoms with Crippen molar-refractivity contribution < 1.29 is 23.4 Å². The monoisotopic (exact) mass is 497 g/mol. The third-order valence-electron chi connectivity index (χ3n) is 6.83. The van der Waals surface area contributed by atoms with Crippen LogP contribution in [-0.2, 0) is 6.42 Å². The SMILES string of the molecule is CCN(CC)C(C)Oc1ccc(C(=O)c2oc3cc4c(cc3c2-c2ccc(OC)cc2)CC=CO4)cc1. The Morgan fingerprint density at radius 3 is 2.38 bits per heavy atom. The van der Waals surface area contributed by atoms with E-state index in [1.807, 2.05) is 55.5 Å². The van der Waals surface area contributed by atoms with E-state index in [-0.39, 0.29) is 12.0 Å². The zero-order valence-electron chi connectivity index (χ0n) is 21.6. The molecule has 1 aromatic heterocycles. The van der Waals surface area contributed by atoms with Crippen LogP contribution in [0, 0.1) is 0 Å². The molecular weight excluding hydrogens is 466 g/mol. The first-order valence-electron chi connectivity index (χ1n) is 12.6. The van der Waals surface area contributed by atoms with Crippen molar-refractivity contribution in [3.63, 3.8) is 0 Å². The van der Waals surface area contributed by atoms with Gasteiger partial charge in [0.25, 0.3) is 0 Å². The summed E-state index contributed by atoms with van der Waals surface area (Å²) in [5.74, 6) is 2.30. The first kappa shape index (κ1) is 24.7. The van der Waals surface area contributed by atoms with Crippen LogP contribution in [0.3, 0.4) is 0 Å². The molecule has 0 spiro atoms. The molecule has 1 aliphatic heterocycles. The first-order chi connectivity index (χ1) is 18.0. The highest BCUT2D eigenvalue weighted by Crippen LogP contribution is 2.40. The van der Waals surface area contributed by atoms with E-state index in [4.69, 9.17) is 18.6 Å². The van der Waals surface area contributed by atoms with Crippen LogP contribution >= 0.6 is 0 Å². The maximum absolute atomic E-state index is 13.8. The van der Waals surface area contributed by atoms with Crippen molar-refractivity contribution in [3.8, 4) is 28.4 Å². The van der Waals surface area contributed by atoms with Crippen molar-refractivity contribution in [1.29, 1.82) is 0 Å². The van der Waals surface area contributed by atoms with E-state index in [1.54, 1.807) is 25.5 Å². The molecule has 0 N–H and O–H groups in total. The molecule has 0 saturated heterocycles. The van der Waals surface area contributed by atoms with E-state index in [1.165, 1.54) is 0 Å². The van der Waals surface area contributed by atoms with Crippen LogP contribution in [0.5, 0.6) is 17.2 Å². The van der Waals surface area contributed by atoms with Gasteiger partial charge in [-0.25, -0.2) is 0 Å². The van der Waals surface area contributed by atoms with E-state index in [0.29, 0.717) is 22.7 Å². The summed E-state index contributed by atoms with van der Waals surface area (Å²) < 4.78 is 23.3. The second-order valence-electron chi connectivity index (χ2n) is 8.98. The van der Waals surface area contributed by atoms with E-state index in [0.717, 1.165) is 53.1 Å². The maximum atomic E-state index is 13.8. The summed E-state index contributed by atoms with van der Waals surface area (Å²) in [6, 6.07) is 18.8. The Labute approximate surface area is 217 Å². The summed E-state index contributed by atoms with van der Waals surface area (Å²) in [4.78, 5) is 16.0. The van der Waals surface area contributed by atoms with Crippen molar-refractivity contribution in [2.45, 2.75) is 33.4 Å². The molecule has 37 heavy (non-hydrogen) atoms. The Bertz CT molecular complexity index is 1430. The summed E-state index contributed by atoms with van der Waals surface area (Å²) in [5, 5.41) is 0.874. The molecule has 0 aliphatic carbocycles. The molecule has 1 atom stereocenters. The number of carbonyl (C=O) groups excluding carboxylic acids is 1. The number of benzene rings is 3. The molecule has 1 aliphatic rings. The van der Waals surface area contributed by atoms with Gasteiger partial charge in [0.05, 0.1) is 13.4 Å². The van der Waals surface area contributed by atoms with Gasteiger partial charge in [0.15, 0.2) is 5.76 Å². The molecule has 5 rings (SSSR count). The third-order valence-corrected chi connectivity index (χ3v) is 6.83. The van der Waals surface area contributed by atoms with E-state index in [9.17, 15) is 4.79 Å². The van der Waals surface area contributed by atoms with Crippen LogP contribution in [0.2, 0.25) is 0 Å². The van der Waals surface area contributed by atoms with Gasteiger partial charge in [-0.05, 0) is 86.1 Å². The molecule has 6 nitrogen and oxygen atoms in total. The summed E-state index contributed by atoms with van der Waals surface area (Å²) >= 11 is 0. The molecule has 0 amide bonds. The van der Waals surface area contributed by atoms with Crippen molar-refractivity contribution in [2.24, 2.45) is 0 Å². The van der Waals surface area contributed by atoms with E-state index < -0.39 is 0 Å². The fourth-order valence-electron chi connectivity index (χ4n) is 4.76. The second kappa shape index (κ2) is 10.5. The van der Waals surface area contributed by atoms with Gasteiger partial charge in [0.1, 0.15) is 29.1 Å². The lowest BCUT2D eigenvalue weighted by atomic mass is 9.96. The number of carbonyl (C=O) groups is 1. The Hall–Kier alpha value is -4.03. The van der Waals surface area contributed by atoms with Gasteiger partial charge in [-0.3, -0.25) is 9.69 Å². The third kappa shape index (κ3) is 4.85. The van der Waals surface area contributed by atoms with Gasteiger partial charge in [-0.15, -0.1) is 0 Å². The predicted octanol–water partition coefficient (Wildman–Crippen LogP) is 6.85. The molecule has 3 aromatic carbocycles. The average molecular weight is 498 g/mol. The summed E-state index contributed by atoms with van der Waals surface area (Å²) in [7, 11) is 1.63. The van der Waals surface area contributed by atoms with Gasteiger partial charge < -0.3 is 18.6 Å². The largest absolute Gasteiger partial charge is 0.497 e. The molecule has 6 heteroatoms. The number of allylic oxidation sites excluding steroid dienone is 1. The van der Waals surface area contributed by atoms with Crippen LogP contribution in [0.1, 0.15) is 42.5 Å². The highest BCUT2D eigenvalue weighted by Gasteiger charge is 2.25. The fourth-order valence-corrected chi connectivity index (χ4v) is 4.76. The quantitative estimate of drug-likeness (QED) is 0.186. The summed E-state index contributed by atoms with van der Waals surface area (Å²) in [5.41, 5.74) is 3.82. The van der Waals surface area contributed by atoms with Crippen LogP contribution in [0.25, 0.3) is 22.1 Å². The van der Waals surface area contributed by atoms with Gasteiger partial charge >= 0.3 is 0 Å². The zero-order chi connectivity index (χ0) is 25.9. The molecule has 2 heterocycles. The molecule has 0 radical (unpaired) electrons. The molecule has 0 bridgehead atoms. The molecule has 1 unspecified atom stereocenters. The number of ether oxygens (including phenoxy) is 3. The average Bonchev–Trinajstić information content (AvgIpc) is 3.30. The van der Waals surface area contributed by atoms with Gasteiger partial charge in [-0.1, -0.05) is 26.0 Å². The Balaban J connectivity index is 1.53. The number of furan rings is 1. The van der Waals surface area contributed by atoms with Crippen molar-refractivity contribution in [3.05, 3.63) is 89.9 Å². The smallest absolute Gasteiger partial charge is 0.228 e. The minimum absolute atomic E-state index is 0.0589. The number of nitrogens with zero attached hydrogens (tertiary/aromatic N) is 1. The topological polar surface area (TPSA) is 61.1 Å². The Morgan fingerprint density at radius 1 is 1.00 bits per heavy atom. The molecule has 190 valence electrons. The second-order valence-corrected chi connectivity index (χ2v) is 8.98. The number of rotatable bonds is 9. The van der Waals surface area contributed by atoms with Gasteiger partial charge in [0.2, 0.25) is 5.78 Å². The molecule has 0 saturated carbocycles. The number of fused-ring (bicyclic) bond motifs is 2. The summed E-state index contributed by atoms with van der Waals surface area (Å²) in [6.07, 6.45) is 4.35. The minimum Gasteiger partial charge on any atom is -0.497 e. The van der Waals surface area contributed by atoms with Gasteiger partial charge in [-0.2, -0.15) is 0 Å². The first-order valence-corrected chi connectivity index (χ1v) is 12.6. The standard InChI is InChI=1S/C31H31NO5/c1-5-32(6-2)20(3)36-25-15-11-22(12-16-25)30(33)31-29(21-9-13-24(34-4)14-10-21)26-18-23-8-7-17-35-27(23)19-28(26)37-31/h7,9-20H,5-6,8H2,1-4H3. The zero-order valence-corrected chi connectivity index (χ0v) is 21.6. The minimum atomic E-state index is -0.192. The van der Waals surface area contributed by atoms with Gasteiger partial charge in [0, 0.05) is 22.6 Å². The number of hydrogen-bond donors (Lipinski definition) is 0. The number of hydrogen-bond acceptors (Lipinski definition) is 6. The van der Waals surface area contributed by atoms with Crippen molar-refractivity contribution in [1.82, 2.24) is 4.90 Å². The van der Waals surface area contributed by atoms with E-state index >= 15 is 0 Å². The van der Waals surface area contributed by atoms with Crippen molar-refractivity contribution in [2.75, 3.05) is 20.2 Å². The molecule has 4 aromatic rings. The number of methoxy groups -OCH3 is 1. The molecular formula is C31H31NO5. The normalized spacial score (nSPS) is 13.3. The maximum Gasteiger partial charge on any atom is 0.228 e. The fraction of sp³-hybridized carbons (Fsp3) is 0.258. The van der Waals surface area contributed by atoms with Crippen molar-refractivity contribution >= 4 is 16.8 Å². The van der Waals surface area contributed by atoms with Crippen LogP contribution in [0.15, 0.2) is 77.4 Å².